The van der Waals surface area contributed by atoms with Gasteiger partial charge in [0.05, 0.1) is 31.8 Å². The molecular formula is C24H48O8. The monoisotopic (exact) mass is 464 g/mol. The van der Waals surface area contributed by atoms with Gasteiger partial charge < -0.3 is 29.9 Å². The maximum absolute atomic E-state index is 11.6. The lowest BCUT2D eigenvalue weighted by molar-refractivity contribution is -0.158. The zero-order valence-electron chi connectivity index (χ0n) is 20.5. The van der Waals surface area contributed by atoms with Crippen LogP contribution in [-0.2, 0) is 19.1 Å². The van der Waals surface area contributed by atoms with E-state index in [2.05, 4.69) is 13.8 Å². The summed E-state index contributed by atoms with van der Waals surface area (Å²) in [5.74, 6) is -0.381. The molecular weight excluding hydrogens is 416 g/mol. The quantitative estimate of drug-likeness (QED) is 0.169. The van der Waals surface area contributed by atoms with Crippen LogP contribution >= 0.6 is 0 Å². The van der Waals surface area contributed by atoms with E-state index in [1.165, 1.54) is 38.5 Å². The van der Waals surface area contributed by atoms with E-state index in [1.54, 1.807) is 6.92 Å². The summed E-state index contributed by atoms with van der Waals surface area (Å²) in [6.07, 6.45) is 11.7. The summed E-state index contributed by atoms with van der Waals surface area (Å²) in [4.78, 5) is 23.2. The maximum atomic E-state index is 11.6. The van der Waals surface area contributed by atoms with Gasteiger partial charge >= 0.3 is 11.9 Å². The van der Waals surface area contributed by atoms with E-state index in [-0.39, 0.29) is 24.6 Å². The summed E-state index contributed by atoms with van der Waals surface area (Å²) in [5.41, 5.74) is -1.11. The third-order valence-electron chi connectivity index (χ3n) is 5.12. The smallest absolute Gasteiger partial charge is 0.306 e. The molecule has 0 aromatic heterocycles. The first kappa shape index (κ1) is 33.0. The Bertz CT molecular complexity index is 420. The van der Waals surface area contributed by atoms with Crippen molar-refractivity contribution in [2.45, 2.75) is 104 Å². The average molecular weight is 465 g/mol. The molecule has 32 heavy (non-hydrogen) atoms. The second-order valence-electron chi connectivity index (χ2n) is 8.44. The van der Waals surface area contributed by atoms with Crippen LogP contribution in [0.5, 0.6) is 0 Å². The van der Waals surface area contributed by atoms with Crippen LogP contribution in [0.15, 0.2) is 0 Å². The third-order valence-corrected chi connectivity index (χ3v) is 5.12. The van der Waals surface area contributed by atoms with Crippen LogP contribution < -0.4 is 0 Å². The molecule has 0 aliphatic heterocycles. The molecule has 0 bridgehead atoms. The van der Waals surface area contributed by atoms with E-state index < -0.39 is 31.8 Å². The van der Waals surface area contributed by atoms with Crippen molar-refractivity contribution in [3.63, 3.8) is 0 Å². The summed E-state index contributed by atoms with van der Waals surface area (Å²) in [6, 6.07) is 0. The van der Waals surface area contributed by atoms with Crippen molar-refractivity contribution in [2.24, 2.45) is 5.41 Å². The van der Waals surface area contributed by atoms with E-state index in [4.69, 9.17) is 29.9 Å². The van der Waals surface area contributed by atoms with Gasteiger partial charge in [0.15, 0.2) is 0 Å². The topological polar surface area (TPSA) is 134 Å². The Morgan fingerprint density at radius 2 is 1.09 bits per heavy atom. The molecule has 0 aliphatic carbocycles. The molecule has 0 fully saturated rings. The average Bonchev–Trinajstić information content (AvgIpc) is 2.80. The largest absolute Gasteiger partial charge is 0.462 e. The fraction of sp³-hybridized carbons (Fsp3) is 0.917. The number of carbonyl (C=O) groups excluding carboxylic acids is 2. The minimum absolute atomic E-state index is 0.162. The Kier molecular flexibility index (Phi) is 23.6. The van der Waals surface area contributed by atoms with Gasteiger partial charge in [-0.25, -0.2) is 0 Å². The highest BCUT2D eigenvalue weighted by Gasteiger charge is 2.26. The molecule has 0 saturated heterocycles. The Hall–Kier alpha value is -1.22. The molecule has 0 spiro atoms. The predicted octanol–water partition coefficient (Wildman–Crippen LogP) is 3.12. The lowest BCUT2D eigenvalue weighted by Crippen LogP contribution is -2.37. The number of aliphatic hydroxyl groups excluding tert-OH is 4. The molecule has 4 N–H and O–H groups in total. The fourth-order valence-electron chi connectivity index (χ4n) is 2.65. The van der Waals surface area contributed by atoms with Crippen molar-refractivity contribution in [2.75, 3.05) is 33.0 Å². The van der Waals surface area contributed by atoms with E-state index >= 15 is 0 Å². The molecule has 0 aromatic rings. The van der Waals surface area contributed by atoms with Gasteiger partial charge in [-0.05, 0) is 19.8 Å². The zero-order chi connectivity index (χ0) is 24.7. The summed E-state index contributed by atoms with van der Waals surface area (Å²) < 4.78 is 10.4. The van der Waals surface area contributed by atoms with Gasteiger partial charge in [0.2, 0.25) is 0 Å². The summed E-state index contributed by atoms with van der Waals surface area (Å²) >= 11 is 0. The second kappa shape index (κ2) is 23.0. The third kappa shape index (κ3) is 19.5. The van der Waals surface area contributed by atoms with Gasteiger partial charge in [0, 0.05) is 12.8 Å². The number of hydrogen-bond acceptors (Lipinski definition) is 8. The minimum Gasteiger partial charge on any atom is -0.462 e. The Labute approximate surface area is 194 Å². The van der Waals surface area contributed by atoms with E-state index in [9.17, 15) is 9.59 Å². The number of carbonyl (C=O) groups is 2. The number of rotatable bonds is 19. The summed E-state index contributed by atoms with van der Waals surface area (Å²) in [5, 5.41) is 34.0. The molecule has 1 unspecified atom stereocenters. The molecule has 192 valence electrons. The molecule has 1 atom stereocenters. The van der Waals surface area contributed by atoms with Crippen molar-refractivity contribution in [3.8, 4) is 0 Å². The molecule has 0 aromatic carbocycles. The Morgan fingerprint density at radius 3 is 1.47 bits per heavy atom. The molecule has 8 heteroatoms. The first-order chi connectivity index (χ1) is 15.3. The normalized spacial score (nSPS) is 12.0. The van der Waals surface area contributed by atoms with Crippen LogP contribution in [0.3, 0.4) is 0 Å². The minimum atomic E-state index is -1.11. The van der Waals surface area contributed by atoms with Crippen LogP contribution in [0.25, 0.3) is 0 Å². The van der Waals surface area contributed by atoms with E-state index in [0.717, 1.165) is 25.7 Å². The van der Waals surface area contributed by atoms with Crippen LogP contribution in [0, 0.1) is 5.41 Å². The molecule has 0 radical (unpaired) electrons. The second-order valence-corrected chi connectivity index (χ2v) is 8.44. The van der Waals surface area contributed by atoms with Crippen molar-refractivity contribution in [1.82, 2.24) is 0 Å². The van der Waals surface area contributed by atoms with Crippen molar-refractivity contribution < 1.29 is 39.5 Å². The van der Waals surface area contributed by atoms with Gasteiger partial charge in [-0.15, -0.1) is 0 Å². The van der Waals surface area contributed by atoms with Crippen molar-refractivity contribution in [1.29, 1.82) is 0 Å². The number of unbranched alkanes of at least 4 members (excludes halogenated alkanes) is 8. The Morgan fingerprint density at radius 1 is 0.688 bits per heavy atom. The zero-order valence-corrected chi connectivity index (χ0v) is 20.5. The first-order valence-corrected chi connectivity index (χ1v) is 12.1. The molecule has 0 rings (SSSR count). The number of ether oxygens (including phenoxy) is 2. The number of hydrogen-bond donors (Lipinski definition) is 4. The highest BCUT2D eigenvalue weighted by Crippen LogP contribution is 2.12. The maximum Gasteiger partial charge on any atom is 0.306 e. The fourth-order valence-corrected chi connectivity index (χ4v) is 2.65. The number of esters is 2. The lowest BCUT2D eigenvalue weighted by atomic mass is 9.93. The molecule has 0 heterocycles. The van der Waals surface area contributed by atoms with Gasteiger partial charge in [-0.1, -0.05) is 65.2 Å². The van der Waals surface area contributed by atoms with E-state index in [1.807, 2.05) is 0 Å². The molecule has 0 amide bonds. The molecule has 0 saturated carbocycles. The van der Waals surface area contributed by atoms with Crippen molar-refractivity contribution >= 4 is 11.9 Å². The SMILES string of the molecule is CCCCCCCC(=O)OCC(C)OC(=O)CCCCCCC.OCC(CO)(CO)CO. The van der Waals surface area contributed by atoms with Crippen LogP contribution in [-0.4, -0.2) is 71.5 Å². The molecule has 0 aliphatic rings. The predicted molar refractivity (Wildman–Crippen MR) is 124 cm³/mol. The van der Waals surface area contributed by atoms with Crippen LogP contribution in [0.1, 0.15) is 97.8 Å². The van der Waals surface area contributed by atoms with Crippen LogP contribution in [0.2, 0.25) is 0 Å². The van der Waals surface area contributed by atoms with Crippen molar-refractivity contribution in [3.05, 3.63) is 0 Å². The van der Waals surface area contributed by atoms with E-state index in [0.29, 0.717) is 12.8 Å². The van der Waals surface area contributed by atoms with Gasteiger partial charge in [0.1, 0.15) is 12.7 Å². The van der Waals surface area contributed by atoms with Crippen LogP contribution in [0.4, 0.5) is 0 Å². The number of aliphatic hydroxyl groups is 4. The molecule has 8 nitrogen and oxygen atoms in total. The lowest BCUT2D eigenvalue weighted by Gasteiger charge is -2.23. The summed E-state index contributed by atoms with van der Waals surface area (Å²) in [7, 11) is 0. The Balaban J connectivity index is 0. The van der Waals surface area contributed by atoms with Gasteiger partial charge in [-0.3, -0.25) is 9.59 Å². The van der Waals surface area contributed by atoms with Gasteiger partial charge in [0.25, 0.3) is 0 Å². The standard InChI is InChI=1S/C19H36O4.C5H12O4/c1-4-6-8-10-12-14-18(20)22-16-17(3)23-19(21)15-13-11-9-7-5-2;6-1-5(2-7,3-8)4-9/h17H,4-16H2,1-3H3;6-9H,1-4H2. The highest BCUT2D eigenvalue weighted by atomic mass is 16.6. The first-order valence-electron chi connectivity index (χ1n) is 12.1. The van der Waals surface area contributed by atoms with Gasteiger partial charge in [-0.2, -0.15) is 0 Å². The highest BCUT2D eigenvalue weighted by molar-refractivity contribution is 5.70. The summed E-state index contributed by atoms with van der Waals surface area (Å²) in [6.45, 7) is 4.64.